The maximum Gasteiger partial charge on any atom is 0.248 e. The molecule has 2 aliphatic rings. The van der Waals surface area contributed by atoms with Gasteiger partial charge in [0, 0.05) is 24.4 Å². The number of furan rings is 1. The topological polar surface area (TPSA) is 82.9 Å². The molecule has 2 fully saturated rings. The highest BCUT2D eigenvalue weighted by molar-refractivity contribution is 7.99. The van der Waals surface area contributed by atoms with Crippen molar-refractivity contribution in [3.63, 3.8) is 0 Å². The van der Waals surface area contributed by atoms with Gasteiger partial charge >= 0.3 is 0 Å². The monoisotopic (exact) mass is 427 g/mol. The van der Waals surface area contributed by atoms with Gasteiger partial charge in [-0.2, -0.15) is 0 Å². The summed E-state index contributed by atoms with van der Waals surface area (Å²) >= 11 is 1.56. The molecule has 30 heavy (non-hydrogen) atoms. The van der Waals surface area contributed by atoms with Crippen LogP contribution in [-0.2, 0) is 20.9 Å². The molecule has 1 N–H and O–H groups in total. The molecule has 2 atom stereocenters. The number of nitrogens with one attached hydrogen (secondary N) is 1. The van der Waals surface area contributed by atoms with Crippen molar-refractivity contribution < 1.29 is 18.8 Å². The Morgan fingerprint density at radius 1 is 1.23 bits per heavy atom. The van der Waals surface area contributed by atoms with Gasteiger partial charge < -0.3 is 19.5 Å². The van der Waals surface area contributed by atoms with Crippen molar-refractivity contribution >= 4 is 35.2 Å². The lowest BCUT2D eigenvalue weighted by Crippen LogP contribution is -2.47. The third-order valence-electron chi connectivity index (χ3n) is 5.73. The fourth-order valence-electron chi connectivity index (χ4n) is 3.84. The Bertz CT molecular complexity index is 959. The number of hydrogen-bond donors (Lipinski definition) is 1. The standard InChI is InChI=1S/C22H25N3O4S/c1-14-5-6-17(8-15(14)2)23-21(27)19-12-30-13-25(19)22(28)16-9-20(26)24(10-16)11-18-4-3-7-29-18/h3-8,16,19H,9-13H2,1-2H3,(H,23,27). The summed E-state index contributed by atoms with van der Waals surface area (Å²) in [5.74, 6) is 0.907. The van der Waals surface area contributed by atoms with Gasteiger partial charge in [-0.1, -0.05) is 6.07 Å². The van der Waals surface area contributed by atoms with E-state index in [0.717, 1.165) is 16.8 Å². The Morgan fingerprint density at radius 2 is 2.07 bits per heavy atom. The van der Waals surface area contributed by atoms with Crippen LogP contribution >= 0.6 is 11.8 Å². The maximum atomic E-state index is 13.1. The molecule has 2 unspecified atom stereocenters. The van der Waals surface area contributed by atoms with Crippen LogP contribution in [-0.4, -0.2) is 51.7 Å². The van der Waals surface area contributed by atoms with Gasteiger partial charge in [-0.25, -0.2) is 0 Å². The number of thioether (sulfide) groups is 1. The van der Waals surface area contributed by atoms with Crippen molar-refractivity contribution in [2.24, 2.45) is 5.92 Å². The Morgan fingerprint density at radius 3 is 2.80 bits per heavy atom. The summed E-state index contributed by atoms with van der Waals surface area (Å²) in [5.41, 5.74) is 2.99. The molecule has 0 bridgehead atoms. The third kappa shape index (κ3) is 4.23. The van der Waals surface area contributed by atoms with Crippen LogP contribution in [0.2, 0.25) is 0 Å². The average Bonchev–Trinajstić information content (AvgIpc) is 3.46. The molecule has 2 saturated heterocycles. The summed E-state index contributed by atoms with van der Waals surface area (Å²) in [5, 5.41) is 2.94. The number of anilines is 1. The van der Waals surface area contributed by atoms with Crippen molar-refractivity contribution in [1.82, 2.24) is 9.80 Å². The summed E-state index contributed by atoms with van der Waals surface area (Å²) in [4.78, 5) is 41.7. The number of amides is 3. The highest BCUT2D eigenvalue weighted by Gasteiger charge is 2.42. The third-order valence-corrected chi connectivity index (χ3v) is 6.75. The van der Waals surface area contributed by atoms with E-state index in [2.05, 4.69) is 5.32 Å². The molecule has 0 radical (unpaired) electrons. The molecule has 3 amide bonds. The van der Waals surface area contributed by atoms with Crippen molar-refractivity contribution in [2.45, 2.75) is 32.9 Å². The highest BCUT2D eigenvalue weighted by atomic mass is 32.2. The molecular formula is C22H25N3O4S. The summed E-state index contributed by atoms with van der Waals surface area (Å²) in [6.07, 6.45) is 1.74. The van der Waals surface area contributed by atoms with Crippen LogP contribution < -0.4 is 5.32 Å². The van der Waals surface area contributed by atoms with Crippen LogP contribution in [0.5, 0.6) is 0 Å². The first-order valence-electron chi connectivity index (χ1n) is 9.99. The van der Waals surface area contributed by atoms with Crippen molar-refractivity contribution in [3.05, 3.63) is 53.5 Å². The minimum atomic E-state index is -0.529. The number of rotatable bonds is 5. The molecule has 0 spiro atoms. The van der Waals surface area contributed by atoms with Crippen LogP contribution in [0.3, 0.4) is 0 Å². The smallest absolute Gasteiger partial charge is 0.248 e. The fraction of sp³-hybridized carbons (Fsp3) is 0.409. The fourth-order valence-corrected chi connectivity index (χ4v) is 5.00. The summed E-state index contributed by atoms with van der Waals surface area (Å²) in [7, 11) is 0. The van der Waals surface area contributed by atoms with E-state index in [1.807, 2.05) is 38.1 Å². The van der Waals surface area contributed by atoms with Gasteiger partial charge in [0.15, 0.2) is 0 Å². The maximum absolute atomic E-state index is 13.1. The lowest BCUT2D eigenvalue weighted by Gasteiger charge is -2.26. The molecule has 1 aromatic heterocycles. The Labute approximate surface area is 179 Å². The van der Waals surface area contributed by atoms with E-state index in [-0.39, 0.29) is 24.1 Å². The van der Waals surface area contributed by atoms with Crippen molar-refractivity contribution in [3.8, 4) is 0 Å². The van der Waals surface area contributed by atoms with Gasteiger partial charge in [0.05, 0.1) is 24.6 Å². The zero-order valence-corrected chi connectivity index (χ0v) is 17.9. The molecule has 8 heteroatoms. The van der Waals surface area contributed by atoms with E-state index in [1.54, 1.807) is 33.9 Å². The number of hydrogen-bond acceptors (Lipinski definition) is 5. The van der Waals surface area contributed by atoms with E-state index in [1.165, 1.54) is 0 Å². The van der Waals surface area contributed by atoms with Crippen LogP contribution in [0.1, 0.15) is 23.3 Å². The second-order valence-corrected chi connectivity index (χ2v) is 8.87. The van der Waals surface area contributed by atoms with Gasteiger partial charge in [0.1, 0.15) is 11.8 Å². The molecule has 4 rings (SSSR count). The molecule has 2 aromatic rings. The number of aryl methyl sites for hydroxylation is 2. The van der Waals surface area contributed by atoms with E-state index >= 15 is 0 Å². The number of likely N-dealkylation sites (tertiary alicyclic amines) is 1. The Hall–Kier alpha value is -2.74. The molecule has 3 heterocycles. The van der Waals surface area contributed by atoms with Crippen LogP contribution in [0, 0.1) is 19.8 Å². The van der Waals surface area contributed by atoms with Gasteiger partial charge in [-0.05, 0) is 49.2 Å². The predicted octanol–water partition coefficient (Wildman–Crippen LogP) is 2.79. The summed E-state index contributed by atoms with van der Waals surface area (Å²) < 4.78 is 5.31. The zero-order valence-electron chi connectivity index (χ0n) is 17.1. The predicted molar refractivity (Wildman–Crippen MR) is 115 cm³/mol. The molecule has 0 saturated carbocycles. The quantitative estimate of drug-likeness (QED) is 0.793. The van der Waals surface area contributed by atoms with E-state index in [0.29, 0.717) is 30.5 Å². The summed E-state index contributed by atoms with van der Waals surface area (Å²) in [6.45, 7) is 4.73. The van der Waals surface area contributed by atoms with Gasteiger partial charge in [0.25, 0.3) is 0 Å². The summed E-state index contributed by atoms with van der Waals surface area (Å²) in [6, 6.07) is 8.83. The molecule has 1 aromatic carbocycles. The minimum Gasteiger partial charge on any atom is -0.467 e. The van der Waals surface area contributed by atoms with Gasteiger partial charge in [0.2, 0.25) is 17.7 Å². The zero-order chi connectivity index (χ0) is 21.3. The lowest BCUT2D eigenvalue weighted by molar-refractivity contribution is -0.139. The molecule has 0 aliphatic carbocycles. The highest BCUT2D eigenvalue weighted by Crippen LogP contribution is 2.29. The normalized spacial score (nSPS) is 21.3. The first-order chi connectivity index (χ1) is 14.4. The first-order valence-corrected chi connectivity index (χ1v) is 11.1. The molecular weight excluding hydrogens is 402 g/mol. The van der Waals surface area contributed by atoms with Crippen LogP contribution in [0.4, 0.5) is 5.69 Å². The second kappa shape index (κ2) is 8.55. The van der Waals surface area contributed by atoms with Crippen LogP contribution in [0.15, 0.2) is 41.0 Å². The van der Waals surface area contributed by atoms with Gasteiger partial charge in [-0.3, -0.25) is 14.4 Å². The number of carbonyl (C=O) groups excluding carboxylic acids is 3. The molecule has 2 aliphatic heterocycles. The average molecular weight is 428 g/mol. The number of nitrogens with zero attached hydrogens (tertiary/aromatic N) is 2. The minimum absolute atomic E-state index is 0.0623. The SMILES string of the molecule is Cc1ccc(NC(=O)C2CSCN2C(=O)C2CC(=O)N(Cc3ccco3)C2)cc1C. The number of benzene rings is 1. The van der Waals surface area contributed by atoms with Crippen LogP contribution in [0.25, 0.3) is 0 Å². The lowest BCUT2D eigenvalue weighted by atomic mass is 10.1. The second-order valence-electron chi connectivity index (χ2n) is 7.87. The van der Waals surface area contributed by atoms with Gasteiger partial charge in [-0.15, -0.1) is 11.8 Å². The van der Waals surface area contributed by atoms with E-state index in [4.69, 9.17) is 4.42 Å². The number of carbonyl (C=O) groups is 3. The van der Waals surface area contributed by atoms with E-state index < -0.39 is 12.0 Å². The molecule has 158 valence electrons. The van der Waals surface area contributed by atoms with Crippen molar-refractivity contribution in [2.75, 3.05) is 23.5 Å². The van der Waals surface area contributed by atoms with Crippen molar-refractivity contribution in [1.29, 1.82) is 0 Å². The Kier molecular flexibility index (Phi) is 5.85. The Balaban J connectivity index is 1.40. The largest absolute Gasteiger partial charge is 0.467 e. The van der Waals surface area contributed by atoms with E-state index in [9.17, 15) is 14.4 Å². The molecule has 7 nitrogen and oxygen atoms in total. The first kappa shape index (κ1) is 20.5.